The molecule has 0 radical (unpaired) electrons. The molecule has 0 fully saturated rings. The second kappa shape index (κ2) is 12.1. The van der Waals surface area contributed by atoms with E-state index in [1.165, 1.54) is 0 Å². The van der Waals surface area contributed by atoms with Crippen molar-refractivity contribution in [2.45, 2.75) is 0 Å². The number of carbonyl (C=O) groups is 1. The number of ketones is 1. The molecular weight excluding hydrogens is 491 g/mol. The molecule has 5 rings (SSSR count). The number of rotatable bonds is 9. The number of benzene rings is 5. The summed E-state index contributed by atoms with van der Waals surface area (Å²) in [5.74, 6) is -0.589. The Morgan fingerprint density at radius 1 is 0.564 bits per heavy atom. The summed E-state index contributed by atoms with van der Waals surface area (Å²) in [4.78, 5) is 14.8. The lowest BCUT2D eigenvalue weighted by molar-refractivity contribution is 0.104. The van der Waals surface area contributed by atoms with Crippen LogP contribution in [0.15, 0.2) is 146 Å². The van der Waals surface area contributed by atoms with Crippen molar-refractivity contribution in [1.82, 2.24) is 0 Å². The van der Waals surface area contributed by atoms with Crippen molar-refractivity contribution in [3.05, 3.63) is 157 Å². The van der Waals surface area contributed by atoms with Crippen LogP contribution in [-0.4, -0.2) is 13.3 Å². The summed E-state index contributed by atoms with van der Waals surface area (Å²) in [6, 6.07) is 43.9. The first-order valence-electron chi connectivity index (χ1n) is 12.5. The van der Waals surface area contributed by atoms with Crippen LogP contribution in [0.4, 0.5) is 25.7 Å². The lowest BCUT2D eigenvalue weighted by Gasteiger charge is -2.25. The maximum atomic E-state index is 13.1. The lowest BCUT2D eigenvalue weighted by atomic mass is 10.0. The topological polar surface area (TPSA) is 29.5 Å². The van der Waals surface area contributed by atoms with Gasteiger partial charge in [-0.3, -0.25) is 4.79 Å². The van der Waals surface area contributed by atoms with E-state index in [0.717, 1.165) is 34.3 Å². The van der Waals surface area contributed by atoms with Crippen LogP contribution in [0.2, 0.25) is 0 Å². The predicted molar refractivity (Wildman–Crippen MR) is 154 cm³/mol. The smallest absolute Gasteiger partial charge is 0.505 e. The fraction of sp³-hybridized carbons (Fsp3) is 0. The van der Waals surface area contributed by atoms with Gasteiger partial charge in [0.05, 0.1) is 0 Å². The van der Waals surface area contributed by atoms with Gasteiger partial charge in [0.25, 0.3) is 0 Å². The minimum atomic E-state index is -3.05. The molecule has 0 aliphatic carbocycles. The Labute approximate surface area is 226 Å². The van der Waals surface area contributed by atoms with Gasteiger partial charge >= 0.3 is 7.47 Å². The molecule has 0 amide bonds. The number of anilines is 3. The van der Waals surface area contributed by atoms with E-state index >= 15 is 0 Å². The zero-order valence-electron chi connectivity index (χ0n) is 21.0. The van der Waals surface area contributed by atoms with Gasteiger partial charge in [0, 0.05) is 34.3 Å². The Hall–Kier alpha value is -4.97. The maximum Gasteiger partial charge on any atom is 0.796 e. The van der Waals surface area contributed by atoms with Gasteiger partial charge in [0.15, 0.2) is 5.78 Å². The van der Waals surface area contributed by atoms with Gasteiger partial charge in [0.2, 0.25) is 0 Å². The van der Waals surface area contributed by atoms with Crippen molar-refractivity contribution in [3.8, 4) is 11.1 Å². The average Bonchev–Trinajstić information content (AvgIpc) is 2.99. The molecule has 0 saturated carbocycles. The molecule has 0 heterocycles. The van der Waals surface area contributed by atoms with Crippen molar-refractivity contribution >= 4 is 36.1 Å². The molecule has 0 spiro atoms. The molecule has 0 saturated heterocycles. The van der Waals surface area contributed by atoms with Gasteiger partial charge in [-0.15, -0.1) is 0 Å². The van der Waals surface area contributed by atoms with Crippen molar-refractivity contribution < 1.29 is 18.1 Å². The third-order valence-electron chi connectivity index (χ3n) is 6.19. The number of nitrogens with zero attached hydrogens (tertiary/aromatic N) is 1. The average molecular weight is 515 g/mol. The summed E-state index contributed by atoms with van der Waals surface area (Å²) < 4.78 is 31.0. The largest absolute Gasteiger partial charge is 0.796 e. The minimum absolute atomic E-state index is 0.179. The number of para-hydroxylation sites is 2. The van der Waals surface area contributed by atoms with Gasteiger partial charge in [-0.2, -0.15) is 0 Å². The quantitative estimate of drug-likeness (QED) is 0.0849. The number of carbonyl (C=O) groups excluding carboxylic acids is 1. The first-order valence-corrected chi connectivity index (χ1v) is 12.5. The highest BCUT2D eigenvalue weighted by atomic mass is 19.2. The molecule has 190 valence electrons. The third kappa shape index (κ3) is 6.31. The fourth-order valence-electron chi connectivity index (χ4n) is 4.32. The molecule has 0 unspecified atom stereocenters. The molecule has 0 aromatic heterocycles. The Bertz CT molecular complexity index is 1500. The number of hydrogen-bond acceptors (Lipinski definition) is 3. The number of halogens is 2. The van der Waals surface area contributed by atoms with Gasteiger partial charge in [-0.05, 0) is 47.5 Å². The summed E-state index contributed by atoms with van der Waals surface area (Å²) in [7, 11) is -3.05. The zero-order chi connectivity index (χ0) is 27.0. The highest BCUT2D eigenvalue weighted by molar-refractivity contribution is 6.36. The Kier molecular flexibility index (Phi) is 7.93. The van der Waals surface area contributed by atoms with Crippen LogP contribution in [-0.2, 0) is 4.65 Å². The van der Waals surface area contributed by atoms with Crippen LogP contribution in [0.3, 0.4) is 0 Å². The van der Waals surface area contributed by atoms with Crippen LogP contribution < -0.4 is 4.90 Å². The molecule has 5 aromatic rings. The summed E-state index contributed by atoms with van der Waals surface area (Å²) in [5.41, 5.74) is 5.74. The molecular formula is C33H24BF2NO2. The Morgan fingerprint density at radius 3 is 1.49 bits per heavy atom. The van der Waals surface area contributed by atoms with Gasteiger partial charge < -0.3 is 9.55 Å². The van der Waals surface area contributed by atoms with E-state index in [9.17, 15) is 13.4 Å². The highest BCUT2D eigenvalue weighted by Crippen LogP contribution is 2.35. The molecule has 0 aliphatic heterocycles. The van der Waals surface area contributed by atoms with Crippen molar-refractivity contribution in [2.75, 3.05) is 4.90 Å². The molecule has 0 atom stereocenters. The van der Waals surface area contributed by atoms with E-state index < -0.39 is 13.3 Å². The second-order valence-corrected chi connectivity index (χ2v) is 8.75. The summed E-state index contributed by atoms with van der Waals surface area (Å²) >= 11 is 0. The Morgan fingerprint density at radius 2 is 1.00 bits per heavy atom. The van der Waals surface area contributed by atoms with Crippen LogP contribution in [0.5, 0.6) is 0 Å². The van der Waals surface area contributed by atoms with E-state index in [2.05, 4.69) is 29.2 Å². The van der Waals surface area contributed by atoms with Crippen molar-refractivity contribution in [2.24, 2.45) is 0 Å². The van der Waals surface area contributed by atoms with Crippen LogP contribution >= 0.6 is 0 Å². The van der Waals surface area contributed by atoms with Crippen molar-refractivity contribution in [1.29, 1.82) is 0 Å². The SMILES string of the molecule is O=C(/C=C(\OB(F)F)c1ccc(-c2ccc(N(c3ccccc3)c3ccccc3)cc2)cc1)c1ccccc1. The van der Waals surface area contributed by atoms with E-state index in [4.69, 9.17) is 4.65 Å². The first-order chi connectivity index (χ1) is 19.1. The van der Waals surface area contributed by atoms with Gasteiger partial charge in [-0.25, -0.2) is 8.63 Å². The molecule has 0 bridgehead atoms. The third-order valence-corrected chi connectivity index (χ3v) is 6.19. The normalized spacial score (nSPS) is 11.1. The van der Waals surface area contributed by atoms with Crippen molar-refractivity contribution in [3.63, 3.8) is 0 Å². The fourth-order valence-corrected chi connectivity index (χ4v) is 4.32. The lowest BCUT2D eigenvalue weighted by Crippen LogP contribution is -2.09. The maximum absolute atomic E-state index is 13.1. The molecule has 5 aromatic carbocycles. The first kappa shape index (κ1) is 25.7. The van der Waals surface area contributed by atoms with E-state index in [1.807, 2.05) is 72.8 Å². The number of hydrogen-bond donors (Lipinski definition) is 0. The van der Waals surface area contributed by atoms with Gasteiger partial charge in [0.1, 0.15) is 5.76 Å². The molecule has 6 heteroatoms. The predicted octanol–water partition coefficient (Wildman–Crippen LogP) is 8.99. The Balaban J connectivity index is 1.41. The van der Waals surface area contributed by atoms with Gasteiger partial charge in [-0.1, -0.05) is 103 Å². The standard InChI is InChI=1S/C33H24BF2NO2/c35-34(36)39-33(24-32(38)27-10-4-1-5-11-27)28-18-16-25(17-19-28)26-20-22-31(23-21-26)37(29-12-6-2-7-13-29)30-14-8-3-9-15-30/h1-24H/b33-24-. The van der Waals surface area contributed by atoms with Crippen LogP contribution in [0.25, 0.3) is 16.9 Å². The summed E-state index contributed by atoms with van der Waals surface area (Å²) in [6.45, 7) is 0. The highest BCUT2D eigenvalue weighted by Gasteiger charge is 2.21. The minimum Gasteiger partial charge on any atom is -0.505 e. The monoisotopic (exact) mass is 515 g/mol. The second-order valence-electron chi connectivity index (χ2n) is 8.75. The number of allylic oxidation sites excluding steroid dienone is 1. The molecule has 3 nitrogen and oxygen atoms in total. The van der Waals surface area contributed by atoms with E-state index in [0.29, 0.717) is 11.1 Å². The molecule has 0 aliphatic rings. The molecule has 39 heavy (non-hydrogen) atoms. The summed E-state index contributed by atoms with van der Waals surface area (Å²) in [6.07, 6.45) is 1.10. The molecule has 0 N–H and O–H groups in total. The van der Waals surface area contributed by atoms with Crippen LogP contribution in [0, 0.1) is 0 Å². The zero-order valence-corrected chi connectivity index (χ0v) is 21.0. The van der Waals surface area contributed by atoms with Crippen LogP contribution in [0.1, 0.15) is 15.9 Å². The van der Waals surface area contributed by atoms with E-state index in [-0.39, 0.29) is 5.76 Å². The summed E-state index contributed by atoms with van der Waals surface area (Å²) in [5, 5.41) is 0. The van der Waals surface area contributed by atoms with E-state index in [1.54, 1.807) is 42.5 Å².